The van der Waals surface area contributed by atoms with Crippen LogP contribution in [0.3, 0.4) is 0 Å². The van der Waals surface area contributed by atoms with E-state index >= 15 is 0 Å². The molecule has 4 heteroatoms. The minimum absolute atomic E-state index is 0.121. The van der Waals surface area contributed by atoms with Crippen molar-refractivity contribution in [3.05, 3.63) is 0 Å². The van der Waals surface area contributed by atoms with Crippen LogP contribution in [0, 0.1) is 5.92 Å². The van der Waals surface area contributed by atoms with Crippen molar-refractivity contribution in [2.24, 2.45) is 5.92 Å². The molecular formula is C14H28N2O2. The molecule has 1 aliphatic rings. The summed E-state index contributed by atoms with van der Waals surface area (Å²) in [6.07, 6.45) is 3.98. The fourth-order valence-electron chi connectivity index (χ4n) is 2.88. The van der Waals surface area contributed by atoms with Crippen LogP contribution in [0.1, 0.15) is 39.5 Å². The van der Waals surface area contributed by atoms with E-state index in [2.05, 4.69) is 31.1 Å². The lowest BCUT2D eigenvalue weighted by Crippen LogP contribution is -2.50. The summed E-state index contributed by atoms with van der Waals surface area (Å²) in [5.74, 6) is 0.585. The normalized spacial score (nSPS) is 29.6. The van der Waals surface area contributed by atoms with Gasteiger partial charge in [0.05, 0.1) is 7.11 Å². The molecule has 0 aromatic carbocycles. The van der Waals surface area contributed by atoms with Gasteiger partial charge in [0.25, 0.3) is 0 Å². The van der Waals surface area contributed by atoms with E-state index < -0.39 is 5.54 Å². The third-order valence-corrected chi connectivity index (χ3v) is 4.46. The molecule has 1 N–H and O–H groups in total. The summed E-state index contributed by atoms with van der Waals surface area (Å²) in [5.41, 5.74) is -0.469. The van der Waals surface area contributed by atoms with E-state index in [1.807, 2.05) is 7.05 Å². The van der Waals surface area contributed by atoms with Crippen molar-refractivity contribution in [2.75, 3.05) is 27.7 Å². The zero-order chi connectivity index (χ0) is 13.8. The van der Waals surface area contributed by atoms with Crippen LogP contribution in [-0.4, -0.2) is 50.2 Å². The van der Waals surface area contributed by atoms with Gasteiger partial charge >= 0.3 is 5.97 Å². The molecule has 4 nitrogen and oxygen atoms in total. The highest BCUT2D eigenvalue weighted by atomic mass is 16.5. The van der Waals surface area contributed by atoms with E-state index in [1.165, 1.54) is 13.5 Å². The second kappa shape index (κ2) is 6.53. The first-order valence-corrected chi connectivity index (χ1v) is 6.96. The average molecular weight is 256 g/mol. The van der Waals surface area contributed by atoms with Crippen LogP contribution in [0.15, 0.2) is 0 Å². The van der Waals surface area contributed by atoms with Crippen molar-refractivity contribution in [3.8, 4) is 0 Å². The monoisotopic (exact) mass is 256 g/mol. The van der Waals surface area contributed by atoms with Gasteiger partial charge < -0.3 is 15.0 Å². The van der Waals surface area contributed by atoms with Gasteiger partial charge in [0.2, 0.25) is 0 Å². The van der Waals surface area contributed by atoms with E-state index in [0.29, 0.717) is 12.0 Å². The molecular weight excluding hydrogens is 228 g/mol. The predicted molar refractivity (Wildman–Crippen MR) is 73.5 cm³/mol. The number of carbonyl (C=O) groups is 1. The van der Waals surface area contributed by atoms with Crippen LogP contribution in [0.4, 0.5) is 0 Å². The quantitative estimate of drug-likeness (QED) is 0.734. The number of hydrogen-bond donors (Lipinski definition) is 1. The molecule has 0 bridgehead atoms. The van der Waals surface area contributed by atoms with E-state index in [-0.39, 0.29) is 5.97 Å². The van der Waals surface area contributed by atoms with Gasteiger partial charge in [-0.3, -0.25) is 4.79 Å². The number of nitrogens with zero attached hydrogens (tertiary/aromatic N) is 1. The molecule has 3 atom stereocenters. The zero-order valence-corrected chi connectivity index (χ0v) is 12.5. The Hall–Kier alpha value is -0.610. The Bertz CT molecular complexity index is 283. The smallest absolute Gasteiger partial charge is 0.326 e. The third-order valence-electron chi connectivity index (χ3n) is 4.46. The standard InChI is InChI=1S/C14H28N2O2/c1-6-11(2)10-16(4)12-7-8-14(9-12,15-3)13(17)18-5/h11-12,15H,6-10H2,1-5H3. The maximum Gasteiger partial charge on any atom is 0.326 e. The molecule has 1 rings (SSSR count). The summed E-state index contributed by atoms with van der Waals surface area (Å²) in [6, 6.07) is 0.477. The topological polar surface area (TPSA) is 41.6 Å². The summed E-state index contributed by atoms with van der Waals surface area (Å²) in [4.78, 5) is 14.3. The molecule has 1 saturated carbocycles. The third kappa shape index (κ3) is 3.23. The minimum Gasteiger partial charge on any atom is -0.468 e. The maximum absolute atomic E-state index is 11.9. The van der Waals surface area contributed by atoms with Crippen molar-refractivity contribution in [3.63, 3.8) is 0 Å². The minimum atomic E-state index is -0.469. The lowest BCUT2D eigenvalue weighted by molar-refractivity contribution is -0.148. The van der Waals surface area contributed by atoms with Gasteiger partial charge in [-0.2, -0.15) is 0 Å². The van der Waals surface area contributed by atoms with E-state index in [4.69, 9.17) is 4.74 Å². The van der Waals surface area contributed by atoms with Crippen LogP contribution < -0.4 is 5.32 Å². The molecule has 0 radical (unpaired) electrons. The first kappa shape index (κ1) is 15.4. The summed E-state index contributed by atoms with van der Waals surface area (Å²) in [6.45, 7) is 5.60. The average Bonchev–Trinajstić information content (AvgIpc) is 2.83. The van der Waals surface area contributed by atoms with Gasteiger partial charge in [-0.1, -0.05) is 20.3 Å². The highest BCUT2D eigenvalue weighted by Gasteiger charge is 2.46. The molecule has 0 spiro atoms. The molecule has 106 valence electrons. The summed E-state index contributed by atoms with van der Waals surface area (Å²) in [7, 11) is 5.49. The number of nitrogens with one attached hydrogen (secondary N) is 1. The number of carbonyl (C=O) groups excluding carboxylic acids is 1. The van der Waals surface area contributed by atoms with Gasteiger partial charge in [0.15, 0.2) is 0 Å². The number of ether oxygens (including phenoxy) is 1. The molecule has 0 amide bonds. The second-order valence-electron chi connectivity index (χ2n) is 5.67. The Morgan fingerprint density at radius 3 is 2.78 bits per heavy atom. The number of hydrogen-bond acceptors (Lipinski definition) is 4. The molecule has 0 heterocycles. The Labute approximate surface area is 111 Å². The van der Waals surface area contributed by atoms with Crippen LogP contribution in [0.2, 0.25) is 0 Å². The van der Waals surface area contributed by atoms with Crippen molar-refractivity contribution >= 4 is 5.97 Å². The van der Waals surface area contributed by atoms with E-state index in [0.717, 1.165) is 25.8 Å². The summed E-state index contributed by atoms with van der Waals surface area (Å²) in [5, 5.41) is 3.18. The largest absolute Gasteiger partial charge is 0.468 e. The summed E-state index contributed by atoms with van der Waals surface area (Å²) < 4.78 is 4.94. The van der Waals surface area contributed by atoms with E-state index in [1.54, 1.807) is 0 Å². The second-order valence-corrected chi connectivity index (χ2v) is 5.67. The molecule has 0 aromatic rings. The lowest BCUT2D eigenvalue weighted by Gasteiger charge is -2.30. The lowest BCUT2D eigenvalue weighted by atomic mass is 9.97. The highest BCUT2D eigenvalue weighted by Crippen LogP contribution is 2.33. The number of rotatable bonds is 6. The molecule has 3 unspecified atom stereocenters. The van der Waals surface area contributed by atoms with Crippen LogP contribution in [-0.2, 0) is 9.53 Å². The number of likely N-dealkylation sites (N-methyl/N-ethyl adjacent to an activating group) is 1. The maximum atomic E-state index is 11.9. The fraction of sp³-hybridized carbons (Fsp3) is 0.929. The van der Waals surface area contributed by atoms with Gasteiger partial charge in [-0.15, -0.1) is 0 Å². The highest BCUT2D eigenvalue weighted by molar-refractivity contribution is 5.81. The molecule has 1 aliphatic carbocycles. The molecule has 0 aliphatic heterocycles. The number of methoxy groups -OCH3 is 1. The Kier molecular flexibility index (Phi) is 5.60. The molecule has 1 fully saturated rings. The van der Waals surface area contributed by atoms with Crippen molar-refractivity contribution in [2.45, 2.75) is 51.1 Å². The Balaban J connectivity index is 2.61. The van der Waals surface area contributed by atoms with Gasteiger partial charge in [0.1, 0.15) is 5.54 Å². The van der Waals surface area contributed by atoms with Gasteiger partial charge in [-0.05, 0) is 39.3 Å². The molecule has 18 heavy (non-hydrogen) atoms. The molecule has 0 saturated heterocycles. The number of esters is 1. The first-order valence-electron chi connectivity index (χ1n) is 6.96. The van der Waals surface area contributed by atoms with Crippen molar-refractivity contribution < 1.29 is 9.53 Å². The fourth-order valence-corrected chi connectivity index (χ4v) is 2.88. The predicted octanol–water partition coefficient (Wildman–Crippen LogP) is 1.65. The zero-order valence-electron chi connectivity index (χ0n) is 12.5. The van der Waals surface area contributed by atoms with Crippen molar-refractivity contribution in [1.82, 2.24) is 10.2 Å². The Morgan fingerprint density at radius 2 is 2.28 bits per heavy atom. The van der Waals surface area contributed by atoms with Gasteiger partial charge in [-0.25, -0.2) is 0 Å². The van der Waals surface area contributed by atoms with Crippen LogP contribution >= 0.6 is 0 Å². The summed E-state index contributed by atoms with van der Waals surface area (Å²) >= 11 is 0. The van der Waals surface area contributed by atoms with Gasteiger partial charge in [0, 0.05) is 12.6 Å². The Morgan fingerprint density at radius 1 is 1.61 bits per heavy atom. The van der Waals surface area contributed by atoms with E-state index in [9.17, 15) is 4.79 Å². The van der Waals surface area contributed by atoms with Crippen molar-refractivity contribution in [1.29, 1.82) is 0 Å². The first-order chi connectivity index (χ1) is 8.49. The van der Waals surface area contributed by atoms with Crippen LogP contribution in [0.25, 0.3) is 0 Å². The molecule has 0 aromatic heterocycles. The van der Waals surface area contributed by atoms with Crippen LogP contribution in [0.5, 0.6) is 0 Å². The SMILES string of the molecule is CCC(C)CN(C)C1CCC(NC)(C(=O)OC)C1.